The van der Waals surface area contributed by atoms with E-state index in [0.717, 1.165) is 12.8 Å². The lowest BCUT2D eigenvalue weighted by Gasteiger charge is -2.39. The third-order valence-electron chi connectivity index (χ3n) is 7.50. The number of carbonyl (C=O) groups excluding carboxylic acids is 2. The number of amides is 2. The van der Waals surface area contributed by atoms with Crippen LogP contribution < -0.4 is 21.1 Å². The van der Waals surface area contributed by atoms with Crippen LogP contribution in [0.3, 0.4) is 0 Å². The maximum absolute atomic E-state index is 13.0. The van der Waals surface area contributed by atoms with E-state index in [0.29, 0.717) is 63.8 Å². The van der Waals surface area contributed by atoms with Crippen LogP contribution in [0, 0.1) is 11.8 Å². The summed E-state index contributed by atoms with van der Waals surface area (Å²) in [6, 6.07) is 6.66. The molecule has 12 heteroatoms. The number of methoxy groups -OCH3 is 1. The molecule has 0 radical (unpaired) electrons. The highest BCUT2D eigenvalue weighted by atomic mass is 35.5. The van der Waals surface area contributed by atoms with E-state index >= 15 is 0 Å². The zero-order chi connectivity index (χ0) is 28.8. The smallest absolute Gasteiger partial charge is 0.255 e. The highest BCUT2D eigenvalue weighted by Gasteiger charge is 2.36. The summed E-state index contributed by atoms with van der Waals surface area (Å²) in [5.74, 6) is 0.464. The number of aliphatic hydroxyl groups excluding tert-OH is 1. The predicted octanol–water partition coefficient (Wildman–Crippen LogP) is 2.64. The molecule has 1 aliphatic heterocycles. The minimum atomic E-state index is -0.904. The molecule has 0 spiro atoms. The molecule has 10 nitrogen and oxygen atoms in total. The van der Waals surface area contributed by atoms with Crippen LogP contribution in [-0.2, 0) is 14.3 Å². The quantitative estimate of drug-likeness (QED) is 0.195. The van der Waals surface area contributed by atoms with Gasteiger partial charge in [0.25, 0.3) is 5.91 Å². The number of carbonyl (C=O) groups is 2. The lowest BCUT2D eigenvalue weighted by atomic mass is 9.87. The molecule has 1 aliphatic rings. The molecule has 1 saturated heterocycles. The second kappa shape index (κ2) is 20.3. The van der Waals surface area contributed by atoms with Crippen LogP contribution in [-0.4, -0.2) is 99.2 Å². The summed E-state index contributed by atoms with van der Waals surface area (Å²) >= 11 is 0. The largest absolute Gasteiger partial charge is 0.493 e. The Hall–Kier alpha value is -1.66. The van der Waals surface area contributed by atoms with Gasteiger partial charge >= 0.3 is 0 Å². The minimum Gasteiger partial charge on any atom is -0.493 e. The van der Waals surface area contributed by atoms with E-state index in [9.17, 15) is 14.7 Å². The van der Waals surface area contributed by atoms with Crippen LogP contribution in [0.1, 0.15) is 57.3 Å². The number of rotatable bonds is 17. The Kier molecular flexibility index (Phi) is 19.5. The van der Waals surface area contributed by atoms with E-state index in [1.807, 2.05) is 26.0 Å². The highest BCUT2D eigenvalue weighted by molar-refractivity contribution is 5.96. The highest BCUT2D eigenvalue weighted by Crippen LogP contribution is 2.21. The van der Waals surface area contributed by atoms with Crippen molar-refractivity contribution in [3.8, 4) is 5.75 Å². The molecule has 41 heavy (non-hydrogen) atoms. The van der Waals surface area contributed by atoms with Gasteiger partial charge in [-0.3, -0.25) is 14.5 Å². The number of hydrogen-bond donors (Lipinski definition) is 4. The SMILES string of the molecule is COCCCCOc1ccccc1C(=O)NC[C@@H](C[C@H](N)[C@@H](O)CNC(=O)C(C)(C)N1CCOCC1)C(C)C.Cl.Cl. The van der Waals surface area contributed by atoms with Crippen molar-refractivity contribution in [1.29, 1.82) is 0 Å². The fourth-order valence-corrected chi connectivity index (χ4v) is 4.56. The van der Waals surface area contributed by atoms with Crippen molar-refractivity contribution >= 4 is 36.6 Å². The Morgan fingerprint density at radius 3 is 2.34 bits per heavy atom. The Labute approximate surface area is 258 Å². The monoisotopic (exact) mass is 622 g/mol. The van der Waals surface area contributed by atoms with E-state index in [1.165, 1.54) is 0 Å². The lowest BCUT2D eigenvalue weighted by molar-refractivity contribution is -0.135. The molecule has 1 aromatic rings. The summed E-state index contributed by atoms with van der Waals surface area (Å²) in [5.41, 5.74) is 6.14. The average molecular weight is 624 g/mol. The van der Waals surface area contributed by atoms with E-state index in [4.69, 9.17) is 19.9 Å². The molecule has 1 aromatic carbocycles. The Balaban J connectivity index is 0.00000800. The van der Waals surface area contributed by atoms with Gasteiger partial charge in [0.15, 0.2) is 0 Å². The molecule has 0 saturated carbocycles. The van der Waals surface area contributed by atoms with Crippen molar-refractivity contribution < 1.29 is 28.9 Å². The number of nitrogens with two attached hydrogens (primary N) is 1. The van der Waals surface area contributed by atoms with E-state index in [-0.39, 0.29) is 55.0 Å². The van der Waals surface area contributed by atoms with Crippen molar-refractivity contribution in [2.24, 2.45) is 17.6 Å². The van der Waals surface area contributed by atoms with Gasteiger partial charge in [0.1, 0.15) is 5.75 Å². The van der Waals surface area contributed by atoms with Gasteiger partial charge in [0.2, 0.25) is 5.91 Å². The average Bonchev–Trinajstić information content (AvgIpc) is 2.93. The zero-order valence-corrected chi connectivity index (χ0v) is 26.9. The van der Waals surface area contributed by atoms with Gasteiger partial charge in [0, 0.05) is 45.9 Å². The first-order chi connectivity index (χ1) is 18.6. The number of halogens is 2. The second-order valence-electron chi connectivity index (χ2n) is 11.1. The molecule has 2 amide bonds. The number of aliphatic hydroxyl groups is 1. The van der Waals surface area contributed by atoms with Crippen LogP contribution in [0.2, 0.25) is 0 Å². The second-order valence-corrected chi connectivity index (χ2v) is 11.1. The van der Waals surface area contributed by atoms with E-state index in [1.54, 1.807) is 19.2 Å². The molecule has 3 atom stereocenters. The number of benzene rings is 1. The molecule has 0 bridgehead atoms. The number of para-hydroxylation sites is 1. The van der Waals surface area contributed by atoms with E-state index in [2.05, 4.69) is 29.4 Å². The zero-order valence-electron chi connectivity index (χ0n) is 25.2. The minimum absolute atomic E-state index is 0. The van der Waals surface area contributed by atoms with Crippen molar-refractivity contribution in [2.75, 3.05) is 59.7 Å². The molecule has 5 N–H and O–H groups in total. The summed E-state index contributed by atoms with van der Waals surface area (Å²) in [4.78, 5) is 27.9. The third kappa shape index (κ3) is 13.0. The van der Waals surface area contributed by atoms with Crippen molar-refractivity contribution in [1.82, 2.24) is 15.5 Å². The topological polar surface area (TPSA) is 135 Å². The summed E-state index contributed by atoms with van der Waals surface area (Å²) in [6.45, 7) is 12.1. The first-order valence-electron chi connectivity index (χ1n) is 14.1. The third-order valence-corrected chi connectivity index (χ3v) is 7.50. The summed E-state index contributed by atoms with van der Waals surface area (Å²) in [7, 11) is 1.67. The fraction of sp³-hybridized carbons (Fsp3) is 0.724. The summed E-state index contributed by atoms with van der Waals surface area (Å²) in [6.07, 6.45) is 1.32. The molecule has 0 aromatic heterocycles. The van der Waals surface area contributed by atoms with Gasteiger partial charge in [-0.05, 0) is 57.1 Å². The first-order valence-corrected chi connectivity index (χ1v) is 14.1. The normalized spacial score (nSPS) is 16.1. The van der Waals surface area contributed by atoms with Gasteiger partial charge in [-0.15, -0.1) is 24.8 Å². The number of ether oxygens (including phenoxy) is 3. The number of unbranched alkanes of at least 4 members (excludes halogenated alkanes) is 1. The number of nitrogens with one attached hydrogen (secondary N) is 2. The Morgan fingerprint density at radius 2 is 1.71 bits per heavy atom. The number of nitrogens with zero attached hydrogens (tertiary/aromatic N) is 1. The summed E-state index contributed by atoms with van der Waals surface area (Å²) in [5, 5.41) is 16.6. The van der Waals surface area contributed by atoms with Crippen LogP contribution in [0.4, 0.5) is 0 Å². The van der Waals surface area contributed by atoms with Crippen LogP contribution in [0.25, 0.3) is 0 Å². The molecule has 0 unspecified atom stereocenters. The number of hydrogen-bond acceptors (Lipinski definition) is 8. The molecule has 0 aliphatic carbocycles. The maximum Gasteiger partial charge on any atom is 0.255 e. The van der Waals surface area contributed by atoms with Gasteiger partial charge in [-0.25, -0.2) is 0 Å². The maximum atomic E-state index is 13.0. The predicted molar refractivity (Wildman–Crippen MR) is 166 cm³/mol. The Morgan fingerprint density at radius 1 is 1.07 bits per heavy atom. The first kappa shape index (κ1) is 39.3. The fourth-order valence-electron chi connectivity index (χ4n) is 4.56. The van der Waals surface area contributed by atoms with Crippen molar-refractivity contribution in [3.63, 3.8) is 0 Å². The Bertz CT molecular complexity index is 887. The van der Waals surface area contributed by atoms with Gasteiger partial charge in [-0.2, -0.15) is 0 Å². The molecule has 1 heterocycles. The molecule has 2 rings (SSSR count). The van der Waals surface area contributed by atoms with Crippen LogP contribution >= 0.6 is 24.8 Å². The van der Waals surface area contributed by atoms with Crippen molar-refractivity contribution in [2.45, 2.75) is 64.6 Å². The van der Waals surface area contributed by atoms with Gasteiger partial charge < -0.3 is 35.7 Å². The molecule has 1 fully saturated rings. The van der Waals surface area contributed by atoms with Crippen molar-refractivity contribution in [3.05, 3.63) is 29.8 Å². The van der Waals surface area contributed by atoms with Crippen LogP contribution in [0.5, 0.6) is 5.75 Å². The van der Waals surface area contributed by atoms with Crippen LogP contribution in [0.15, 0.2) is 24.3 Å². The number of morpholine rings is 1. The molecular weight excluding hydrogens is 571 g/mol. The standard InChI is InChI=1S/C29H50N4O6.2ClH/c1-21(2)22(19-31-27(35)23-10-6-7-11-26(23)39-15-9-8-14-37-5)18-24(30)25(34)20-32-28(36)29(3,4)33-12-16-38-17-13-33;;/h6-7,10-11,21-22,24-25,34H,8-9,12-20,30H2,1-5H3,(H,31,35)(H,32,36);2*1H/t22-,24+,25+;;/m1../s1. The molecule has 238 valence electrons. The van der Waals surface area contributed by atoms with Gasteiger partial charge in [-0.1, -0.05) is 26.0 Å². The van der Waals surface area contributed by atoms with E-state index < -0.39 is 17.7 Å². The van der Waals surface area contributed by atoms with Gasteiger partial charge in [0.05, 0.1) is 37.0 Å². The summed E-state index contributed by atoms with van der Waals surface area (Å²) < 4.78 is 16.3. The molecular formula is C29H52Cl2N4O6. The lowest BCUT2D eigenvalue weighted by Crippen LogP contribution is -2.59.